The Morgan fingerprint density at radius 3 is 2.48 bits per heavy atom. The van der Waals surface area contributed by atoms with Gasteiger partial charge >= 0.3 is 0 Å². The van der Waals surface area contributed by atoms with Crippen molar-refractivity contribution in [1.82, 2.24) is 4.90 Å². The number of amides is 1. The molecular weight excluding hydrogens is 378 g/mol. The number of hydrogen-bond donors (Lipinski definition) is 0. The van der Waals surface area contributed by atoms with E-state index in [0.29, 0.717) is 17.3 Å². The molecule has 0 N–H and O–H groups in total. The van der Waals surface area contributed by atoms with Crippen LogP contribution in [0.4, 0.5) is 0 Å². The van der Waals surface area contributed by atoms with Gasteiger partial charge in [-0.1, -0.05) is 48.0 Å². The second-order valence-electron chi connectivity index (χ2n) is 6.38. The van der Waals surface area contributed by atoms with Gasteiger partial charge in [0.05, 0.1) is 0 Å². The Balaban J connectivity index is 1.69. The molecule has 0 radical (unpaired) electrons. The van der Waals surface area contributed by atoms with Crippen LogP contribution >= 0.6 is 22.9 Å². The minimum absolute atomic E-state index is 0.00322. The Kier molecular flexibility index (Phi) is 6.91. The van der Waals surface area contributed by atoms with Gasteiger partial charge in [-0.15, -0.1) is 11.3 Å². The lowest BCUT2D eigenvalue weighted by atomic mass is 10.1. The molecule has 1 amide bonds. The van der Waals surface area contributed by atoms with Crippen LogP contribution in [0.15, 0.2) is 72.1 Å². The van der Waals surface area contributed by atoms with Crippen molar-refractivity contribution in [3.8, 4) is 5.75 Å². The quantitative estimate of drug-likeness (QED) is 0.504. The van der Waals surface area contributed by atoms with Crippen molar-refractivity contribution in [1.29, 1.82) is 0 Å². The molecule has 1 atom stereocenters. The van der Waals surface area contributed by atoms with E-state index in [1.54, 1.807) is 35.6 Å². The molecule has 0 fully saturated rings. The molecule has 2 aromatic carbocycles. The third-order valence-electron chi connectivity index (χ3n) is 4.30. The number of rotatable bonds is 8. The summed E-state index contributed by atoms with van der Waals surface area (Å²) in [5, 5.41) is 2.71. The first-order valence-electron chi connectivity index (χ1n) is 8.86. The highest BCUT2D eigenvalue weighted by atomic mass is 35.5. The summed E-state index contributed by atoms with van der Waals surface area (Å²) in [4.78, 5) is 16.1. The number of ether oxygens (including phenoxy) is 1. The van der Waals surface area contributed by atoms with E-state index >= 15 is 0 Å². The zero-order valence-electron chi connectivity index (χ0n) is 15.2. The molecule has 1 aromatic heterocycles. The Morgan fingerprint density at radius 1 is 1.07 bits per heavy atom. The molecule has 0 bridgehead atoms. The van der Waals surface area contributed by atoms with Crippen molar-refractivity contribution in [2.75, 3.05) is 6.61 Å². The maximum absolute atomic E-state index is 12.9. The summed E-state index contributed by atoms with van der Waals surface area (Å²) in [6.07, 6.45) is 0.831. The Morgan fingerprint density at radius 2 is 1.81 bits per heavy atom. The van der Waals surface area contributed by atoms with Gasteiger partial charge in [-0.25, -0.2) is 0 Å². The van der Waals surface area contributed by atoms with Crippen LogP contribution in [-0.2, 0) is 17.8 Å². The van der Waals surface area contributed by atoms with Gasteiger partial charge in [0.1, 0.15) is 5.75 Å². The predicted octanol–water partition coefficient (Wildman–Crippen LogP) is 5.44. The standard InChI is InChI=1S/C22H22ClNO2S/c1-17(14-21-8-5-13-27-21)24(15-18-6-3-2-4-7-18)22(25)16-26-20-11-9-19(23)10-12-20/h2-13,17H,14-16H2,1H3. The zero-order valence-corrected chi connectivity index (χ0v) is 16.7. The van der Waals surface area contributed by atoms with Gasteiger partial charge in [-0.3, -0.25) is 4.79 Å². The molecule has 27 heavy (non-hydrogen) atoms. The number of carbonyl (C=O) groups is 1. The van der Waals surface area contributed by atoms with Crippen LogP contribution in [0, 0.1) is 0 Å². The third kappa shape index (κ3) is 5.84. The van der Waals surface area contributed by atoms with Crippen molar-refractivity contribution >= 4 is 28.8 Å². The summed E-state index contributed by atoms with van der Waals surface area (Å²) in [5.74, 6) is 0.608. The van der Waals surface area contributed by atoms with E-state index in [-0.39, 0.29) is 18.6 Å². The maximum Gasteiger partial charge on any atom is 0.261 e. The van der Waals surface area contributed by atoms with Gasteiger partial charge in [-0.2, -0.15) is 0 Å². The molecule has 3 aromatic rings. The van der Waals surface area contributed by atoms with E-state index in [1.165, 1.54) is 4.88 Å². The molecular formula is C22H22ClNO2S. The second-order valence-corrected chi connectivity index (χ2v) is 7.85. The highest BCUT2D eigenvalue weighted by molar-refractivity contribution is 7.09. The predicted molar refractivity (Wildman–Crippen MR) is 111 cm³/mol. The van der Waals surface area contributed by atoms with Crippen molar-refractivity contribution in [2.24, 2.45) is 0 Å². The Labute approximate surface area is 169 Å². The summed E-state index contributed by atoms with van der Waals surface area (Å²) in [7, 11) is 0. The molecule has 0 spiro atoms. The first kappa shape index (κ1) is 19.5. The molecule has 0 saturated carbocycles. The van der Waals surface area contributed by atoms with E-state index in [0.717, 1.165) is 12.0 Å². The molecule has 0 saturated heterocycles. The molecule has 0 aliphatic carbocycles. The fourth-order valence-electron chi connectivity index (χ4n) is 2.86. The number of thiophene rings is 1. The summed E-state index contributed by atoms with van der Waals surface area (Å²) in [6.45, 7) is 2.66. The summed E-state index contributed by atoms with van der Waals surface area (Å²) < 4.78 is 5.68. The minimum Gasteiger partial charge on any atom is -0.484 e. The third-order valence-corrected chi connectivity index (χ3v) is 5.45. The Bertz CT molecular complexity index is 835. The fraction of sp³-hybridized carbons (Fsp3) is 0.227. The minimum atomic E-state index is -0.0298. The van der Waals surface area contributed by atoms with Gasteiger partial charge in [0.25, 0.3) is 5.91 Å². The van der Waals surface area contributed by atoms with Crippen LogP contribution in [-0.4, -0.2) is 23.5 Å². The van der Waals surface area contributed by atoms with Gasteiger partial charge in [0.2, 0.25) is 0 Å². The summed E-state index contributed by atoms with van der Waals surface area (Å²) >= 11 is 7.61. The highest BCUT2D eigenvalue weighted by Gasteiger charge is 2.21. The topological polar surface area (TPSA) is 29.5 Å². The summed E-state index contributed by atoms with van der Waals surface area (Å²) in [6, 6.07) is 21.3. The molecule has 1 heterocycles. The second kappa shape index (κ2) is 9.58. The Hall–Kier alpha value is -2.30. The average Bonchev–Trinajstić information content (AvgIpc) is 3.19. The van der Waals surface area contributed by atoms with Crippen molar-refractivity contribution in [2.45, 2.75) is 25.9 Å². The van der Waals surface area contributed by atoms with E-state index < -0.39 is 0 Å². The number of nitrogens with zero attached hydrogens (tertiary/aromatic N) is 1. The molecule has 5 heteroatoms. The van der Waals surface area contributed by atoms with E-state index in [2.05, 4.69) is 18.4 Å². The molecule has 0 aliphatic rings. The highest BCUT2D eigenvalue weighted by Crippen LogP contribution is 2.18. The lowest BCUT2D eigenvalue weighted by Crippen LogP contribution is -2.41. The molecule has 0 aliphatic heterocycles. The SMILES string of the molecule is CC(Cc1cccs1)N(Cc1ccccc1)C(=O)COc1ccc(Cl)cc1. The van der Waals surface area contributed by atoms with Gasteiger partial charge in [0.15, 0.2) is 6.61 Å². The smallest absolute Gasteiger partial charge is 0.261 e. The van der Waals surface area contributed by atoms with Gasteiger partial charge < -0.3 is 9.64 Å². The molecule has 3 nitrogen and oxygen atoms in total. The van der Waals surface area contributed by atoms with Crippen LogP contribution in [0.2, 0.25) is 5.02 Å². The largest absolute Gasteiger partial charge is 0.484 e. The lowest BCUT2D eigenvalue weighted by molar-refractivity contribution is -0.136. The van der Waals surface area contributed by atoms with Crippen LogP contribution in [0.25, 0.3) is 0 Å². The van der Waals surface area contributed by atoms with Crippen molar-refractivity contribution in [3.63, 3.8) is 0 Å². The molecule has 1 unspecified atom stereocenters. The van der Waals surface area contributed by atoms with Crippen LogP contribution in [0.5, 0.6) is 5.75 Å². The molecule has 140 valence electrons. The van der Waals surface area contributed by atoms with Gasteiger partial charge in [-0.05, 0) is 48.2 Å². The number of hydrogen-bond acceptors (Lipinski definition) is 3. The van der Waals surface area contributed by atoms with Crippen molar-refractivity contribution in [3.05, 3.63) is 87.6 Å². The van der Waals surface area contributed by atoms with Crippen LogP contribution in [0.1, 0.15) is 17.4 Å². The summed E-state index contributed by atoms with van der Waals surface area (Å²) in [5.41, 5.74) is 1.11. The van der Waals surface area contributed by atoms with Crippen LogP contribution in [0.3, 0.4) is 0 Å². The monoisotopic (exact) mass is 399 g/mol. The van der Waals surface area contributed by atoms with E-state index in [1.807, 2.05) is 41.3 Å². The van der Waals surface area contributed by atoms with E-state index in [9.17, 15) is 4.79 Å². The number of carbonyl (C=O) groups excluding carboxylic acids is 1. The van der Waals surface area contributed by atoms with Crippen LogP contribution < -0.4 is 4.74 Å². The van der Waals surface area contributed by atoms with Crippen molar-refractivity contribution < 1.29 is 9.53 Å². The maximum atomic E-state index is 12.9. The zero-order chi connectivity index (χ0) is 19.1. The average molecular weight is 400 g/mol. The van der Waals surface area contributed by atoms with E-state index in [4.69, 9.17) is 16.3 Å². The lowest BCUT2D eigenvalue weighted by Gasteiger charge is -2.29. The first-order valence-corrected chi connectivity index (χ1v) is 10.1. The first-order chi connectivity index (χ1) is 13.1. The number of halogens is 1. The molecule has 3 rings (SSSR count). The normalized spacial score (nSPS) is 11.8. The number of benzene rings is 2. The fourth-order valence-corrected chi connectivity index (χ4v) is 3.81. The van der Waals surface area contributed by atoms with Gasteiger partial charge in [0, 0.05) is 28.9 Å².